The maximum absolute atomic E-state index is 12.1. The van der Waals surface area contributed by atoms with E-state index in [2.05, 4.69) is 10.4 Å². The minimum Gasteiger partial charge on any atom is -0.464 e. The standard InChI is InChI=1S/C15H22N4O2/c1-12(10-19-8-4-7-17-19)16-9-15(20)18(3)11-14-6-5-13(2)21-14/h4-8,12,16H,9-11H2,1-3H3/t12-/m1/s1. The molecule has 0 unspecified atom stereocenters. The molecule has 0 bridgehead atoms. The number of furan rings is 1. The second-order valence-electron chi connectivity index (χ2n) is 5.27. The Morgan fingerprint density at radius 2 is 2.33 bits per heavy atom. The van der Waals surface area contributed by atoms with Crippen LogP contribution in [0.2, 0.25) is 0 Å². The van der Waals surface area contributed by atoms with Crippen molar-refractivity contribution in [3.8, 4) is 0 Å². The number of amides is 1. The second-order valence-corrected chi connectivity index (χ2v) is 5.27. The fraction of sp³-hybridized carbons (Fsp3) is 0.467. The molecule has 1 amide bonds. The molecule has 0 aliphatic carbocycles. The molecule has 1 N–H and O–H groups in total. The van der Waals surface area contributed by atoms with Crippen molar-refractivity contribution in [2.45, 2.75) is 33.0 Å². The zero-order valence-electron chi connectivity index (χ0n) is 12.7. The Labute approximate surface area is 124 Å². The van der Waals surface area contributed by atoms with Crippen molar-refractivity contribution in [1.29, 1.82) is 0 Å². The lowest BCUT2D eigenvalue weighted by Gasteiger charge is -2.18. The van der Waals surface area contributed by atoms with Gasteiger partial charge in [0.25, 0.3) is 0 Å². The largest absolute Gasteiger partial charge is 0.464 e. The van der Waals surface area contributed by atoms with Crippen LogP contribution in [0.1, 0.15) is 18.4 Å². The van der Waals surface area contributed by atoms with Gasteiger partial charge in [-0.3, -0.25) is 9.48 Å². The Bertz CT molecular complexity index is 562. The number of likely N-dealkylation sites (N-methyl/N-ethyl adjacent to an activating group) is 1. The lowest BCUT2D eigenvalue weighted by Crippen LogP contribution is -2.40. The molecule has 6 heteroatoms. The molecule has 2 aromatic heterocycles. The summed E-state index contributed by atoms with van der Waals surface area (Å²) in [6.45, 7) is 5.45. The molecule has 114 valence electrons. The molecule has 2 rings (SSSR count). The lowest BCUT2D eigenvalue weighted by molar-refractivity contribution is -0.129. The van der Waals surface area contributed by atoms with Crippen molar-refractivity contribution in [3.05, 3.63) is 42.1 Å². The number of hydrogen-bond donors (Lipinski definition) is 1. The van der Waals surface area contributed by atoms with Crippen LogP contribution in [0.4, 0.5) is 0 Å². The van der Waals surface area contributed by atoms with Gasteiger partial charge >= 0.3 is 0 Å². The van der Waals surface area contributed by atoms with E-state index in [-0.39, 0.29) is 11.9 Å². The molecular formula is C15H22N4O2. The van der Waals surface area contributed by atoms with Crippen molar-refractivity contribution in [1.82, 2.24) is 20.0 Å². The number of carbonyl (C=O) groups excluding carboxylic acids is 1. The molecule has 21 heavy (non-hydrogen) atoms. The number of rotatable bonds is 7. The minimum atomic E-state index is 0.0383. The van der Waals surface area contributed by atoms with E-state index in [1.807, 2.05) is 42.9 Å². The van der Waals surface area contributed by atoms with Crippen molar-refractivity contribution < 1.29 is 9.21 Å². The molecule has 6 nitrogen and oxygen atoms in total. The van der Waals surface area contributed by atoms with Gasteiger partial charge in [0.2, 0.25) is 5.91 Å². The number of nitrogens with zero attached hydrogens (tertiary/aromatic N) is 3. The summed E-state index contributed by atoms with van der Waals surface area (Å²) in [7, 11) is 1.78. The zero-order chi connectivity index (χ0) is 15.2. The van der Waals surface area contributed by atoms with Crippen molar-refractivity contribution in [2.75, 3.05) is 13.6 Å². The van der Waals surface area contributed by atoms with E-state index >= 15 is 0 Å². The van der Waals surface area contributed by atoms with Crippen LogP contribution >= 0.6 is 0 Å². The Balaban J connectivity index is 1.73. The van der Waals surface area contributed by atoms with Gasteiger partial charge in [0.05, 0.1) is 19.6 Å². The molecular weight excluding hydrogens is 268 g/mol. The van der Waals surface area contributed by atoms with Crippen LogP contribution in [0.15, 0.2) is 35.0 Å². The number of hydrogen-bond acceptors (Lipinski definition) is 4. The molecule has 0 fully saturated rings. The Morgan fingerprint density at radius 3 is 2.95 bits per heavy atom. The number of carbonyl (C=O) groups is 1. The summed E-state index contributed by atoms with van der Waals surface area (Å²) in [5, 5.41) is 7.36. The molecule has 0 aliphatic heterocycles. The summed E-state index contributed by atoms with van der Waals surface area (Å²) in [6, 6.07) is 5.86. The van der Waals surface area contributed by atoms with Crippen molar-refractivity contribution >= 4 is 5.91 Å². The summed E-state index contributed by atoms with van der Waals surface area (Å²) < 4.78 is 7.32. The zero-order valence-corrected chi connectivity index (χ0v) is 12.7. The first kappa shape index (κ1) is 15.3. The topological polar surface area (TPSA) is 63.3 Å². The second kappa shape index (κ2) is 7.08. The summed E-state index contributed by atoms with van der Waals surface area (Å²) in [5.41, 5.74) is 0. The Kier molecular flexibility index (Phi) is 5.16. The molecule has 0 aromatic carbocycles. The fourth-order valence-corrected chi connectivity index (χ4v) is 2.04. The highest BCUT2D eigenvalue weighted by atomic mass is 16.3. The lowest BCUT2D eigenvalue weighted by atomic mass is 10.3. The first-order valence-electron chi connectivity index (χ1n) is 7.04. The van der Waals surface area contributed by atoms with Crippen LogP contribution < -0.4 is 5.32 Å². The predicted octanol–water partition coefficient (Wildman–Crippen LogP) is 1.42. The van der Waals surface area contributed by atoms with Gasteiger partial charge in [-0.15, -0.1) is 0 Å². The summed E-state index contributed by atoms with van der Waals surface area (Å²) >= 11 is 0. The van der Waals surface area contributed by atoms with E-state index in [1.54, 1.807) is 18.1 Å². The van der Waals surface area contributed by atoms with Gasteiger partial charge in [-0.1, -0.05) is 0 Å². The fourth-order valence-electron chi connectivity index (χ4n) is 2.04. The molecule has 0 saturated heterocycles. The molecule has 0 saturated carbocycles. The predicted molar refractivity (Wildman–Crippen MR) is 79.6 cm³/mol. The smallest absolute Gasteiger partial charge is 0.236 e. The van der Waals surface area contributed by atoms with E-state index in [1.165, 1.54) is 0 Å². The SMILES string of the molecule is Cc1ccc(CN(C)C(=O)CN[C@H](C)Cn2cccn2)o1. The van der Waals surface area contributed by atoms with Crippen LogP contribution in [0.3, 0.4) is 0 Å². The van der Waals surface area contributed by atoms with E-state index < -0.39 is 0 Å². The quantitative estimate of drug-likeness (QED) is 0.837. The number of nitrogens with one attached hydrogen (secondary N) is 1. The normalized spacial score (nSPS) is 12.3. The average molecular weight is 290 g/mol. The molecule has 2 aromatic rings. The summed E-state index contributed by atoms with van der Waals surface area (Å²) in [4.78, 5) is 13.7. The van der Waals surface area contributed by atoms with E-state index in [0.29, 0.717) is 13.1 Å². The first-order chi connectivity index (χ1) is 10.0. The molecule has 1 atom stereocenters. The van der Waals surface area contributed by atoms with Crippen LogP contribution in [0, 0.1) is 6.92 Å². The maximum atomic E-state index is 12.1. The van der Waals surface area contributed by atoms with Gasteiger partial charge in [-0.2, -0.15) is 5.10 Å². The highest BCUT2D eigenvalue weighted by Crippen LogP contribution is 2.08. The van der Waals surface area contributed by atoms with Crippen molar-refractivity contribution in [3.63, 3.8) is 0 Å². The van der Waals surface area contributed by atoms with Gasteiger partial charge in [0, 0.05) is 25.5 Å². The Morgan fingerprint density at radius 1 is 1.52 bits per heavy atom. The average Bonchev–Trinajstić information content (AvgIpc) is 3.08. The third kappa shape index (κ3) is 4.75. The maximum Gasteiger partial charge on any atom is 0.236 e. The van der Waals surface area contributed by atoms with E-state index in [4.69, 9.17) is 4.42 Å². The van der Waals surface area contributed by atoms with Crippen LogP contribution in [0.5, 0.6) is 0 Å². The number of aryl methyl sites for hydroxylation is 1. The Hall–Kier alpha value is -2.08. The molecule has 2 heterocycles. The highest BCUT2D eigenvalue weighted by Gasteiger charge is 2.12. The van der Waals surface area contributed by atoms with Gasteiger partial charge in [-0.25, -0.2) is 0 Å². The monoisotopic (exact) mass is 290 g/mol. The molecule has 0 radical (unpaired) electrons. The third-order valence-corrected chi connectivity index (χ3v) is 3.24. The van der Waals surface area contributed by atoms with Gasteiger partial charge < -0.3 is 14.6 Å². The van der Waals surface area contributed by atoms with Gasteiger partial charge in [0.15, 0.2) is 0 Å². The summed E-state index contributed by atoms with van der Waals surface area (Å²) in [6.07, 6.45) is 3.66. The summed E-state index contributed by atoms with van der Waals surface area (Å²) in [5.74, 6) is 1.70. The van der Waals surface area contributed by atoms with Gasteiger partial charge in [0.1, 0.15) is 11.5 Å². The van der Waals surface area contributed by atoms with Gasteiger partial charge in [-0.05, 0) is 32.0 Å². The van der Waals surface area contributed by atoms with Crippen molar-refractivity contribution in [2.24, 2.45) is 0 Å². The van der Waals surface area contributed by atoms with E-state index in [0.717, 1.165) is 18.1 Å². The van der Waals surface area contributed by atoms with Crippen LogP contribution in [-0.4, -0.2) is 40.2 Å². The third-order valence-electron chi connectivity index (χ3n) is 3.24. The van der Waals surface area contributed by atoms with E-state index in [9.17, 15) is 4.79 Å². The number of aromatic nitrogens is 2. The highest BCUT2D eigenvalue weighted by molar-refractivity contribution is 5.77. The molecule has 0 aliphatic rings. The molecule has 0 spiro atoms. The van der Waals surface area contributed by atoms with Crippen LogP contribution in [-0.2, 0) is 17.9 Å². The first-order valence-corrected chi connectivity index (χ1v) is 7.04. The minimum absolute atomic E-state index is 0.0383. The van der Waals surface area contributed by atoms with Crippen LogP contribution in [0.25, 0.3) is 0 Å².